The minimum Gasteiger partial charge on any atom is -0.458 e. The highest BCUT2D eigenvalue weighted by molar-refractivity contribution is 6.74. The minimum absolute atomic E-state index is 0.145. The van der Waals surface area contributed by atoms with Crippen molar-refractivity contribution in [3.05, 3.63) is 11.1 Å². The zero-order valence-corrected chi connectivity index (χ0v) is 16.7. The van der Waals surface area contributed by atoms with Gasteiger partial charge in [0.05, 0.1) is 0 Å². The first kappa shape index (κ1) is 19.4. The molecule has 1 atom stereocenters. The lowest BCUT2D eigenvalue weighted by atomic mass is 9.98. The van der Waals surface area contributed by atoms with Gasteiger partial charge >= 0.3 is 5.97 Å². The van der Waals surface area contributed by atoms with Gasteiger partial charge in [0.25, 0.3) is 0 Å². The van der Waals surface area contributed by atoms with Gasteiger partial charge in [0.1, 0.15) is 6.61 Å². The Labute approximate surface area is 137 Å². The summed E-state index contributed by atoms with van der Waals surface area (Å²) in [4.78, 5) is 11.4. The van der Waals surface area contributed by atoms with Crippen LogP contribution in [0, 0.1) is 5.92 Å². The summed E-state index contributed by atoms with van der Waals surface area (Å²) >= 11 is 0. The molecular weight excluding hydrogens is 292 g/mol. The highest BCUT2D eigenvalue weighted by atomic mass is 28.4. The maximum absolute atomic E-state index is 11.4. The van der Waals surface area contributed by atoms with Gasteiger partial charge < -0.3 is 9.16 Å². The van der Waals surface area contributed by atoms with E-state index in [9.17, 15) is 4.79 Å². The molecule has 0 spiro atoms. The molecule has 1 aliphatic rings. The average molecular weight is 327 g/mol. The molecule has 0 aliphatic carbocycles. The lowest BCUT2D eigenvalue weighted by molar-refractivity contribution is -0.135. The normalized spacial score (nSPS) is 18.1. The van der Waals surface area contributed by atoms with E-state index in [2.05, 4.69) is 47.7 Å². The Hall–Kier alpha value is -0.613. The molecule has 3 nitrogen and oxygen atoms in total. The van der Waals surface area contributed by atoms with E-state index in [4.69, 9.17) is 9.16 Å². The van der Waals surface area contributed by atoms with Crippen LogP contribution in [0.4, 0.5) is 0 Å². The first-order valence-electron chi connectivity index (χ1n) is 8.49. The van der Waals surface area contributed by atoms with Gasteiger partial charge in [-0.05, 0) is 55.8 Å². The van der Waals surface area contributed by atoms with E-state index in [1.54, 1.807) is 0 Å². The van der Waals surface area contributed by atoms with Gasteiger partial charge in [-0.3, -0.25) is 0 Å². The molecule has 1 aliphatic heterocycles. The second kappa shape index (κ2) is 7.31. The standard InChI is InChI=1S/C18H34O3Si/c1-13(2)16(21-22(7,8)18(4,5)6)11-9-10-15-12-20-17(19)14(15)3/h13,16H,9-12H2,1-8H3. The van der Waals surface area contributed by atoms with E-state index in [1.165, 1.54) is 5.57 Å². The minimum atomic E-state index is -1.73. The Morgan fingerprint density at radius 3 is 2.27 bits per heavy atom. The summed E-state index contributed by atoms with van der Waals surface area (Å²) < 4.78 is 11.7. The number of carbonyl (C=O) groups is 1. The molecule has 0 aromatic heterocycles. The maximum atomic E-state index is 11.4. The third kappa shape index (κ3) is 4.95. The molecule has 128 valence electrons. The van der Waals surface area contributed by atoms with Crippen LogP contribution in [0.25, 0.3) is 0 Å². The van der Waals surface area contributed by atoms with Crippen LogP contribution in [-0.4, -0.2) is 27.0 Å². The van der Waals surface area contributed by atoms with Gasteiger partial charge in [0, 0.05) is 11.7 Å². The summed E-state index contributed by atoms with van der Waals surface area (Å²) in [5, 5.41) is 0.241. The fraction of sp³-hybridized carbons (Fsp3) is 0.833. The molecule has 0 amide bonds. The van der Waals surface area contributed by atoms with Gasteiger partial charge in [-0.2, -0.15) is 0 Å². The monoisotopic (exact) mass is 326 g/mol. The van der Waals surface area contributed by atoms with Crippen molar-refractivity contribution in [2.24, 2.45) is 5.92 Å². The van der Waals surface area contributed by atoms with Crippen molar-refractivity contribution in [3.8, 4) is 0 Å². The van der Waals surface area contributed by atoms with E-state index in [0.29, 0.717) is 18.6 Å². The summed E-state index contributed by atoms with van der Waals surface area (Å²) in [6.45, 7) is 18.3. The summed E-state index contributed by atoms with van der Waals surface area (Å²) in [6, 6.07) is 0. The fourth-order valence-electron chi connectivity index (χ4n) is 2.37. The average Bonchev–Trinajstić information content (AvgIpc) is 2.67. The molecule has 0 N–H and O–H groups in total. The lowest BCUT2D eigenvalue weighted by Gasteiger charge is -2.40. The summed E-state index contributed by atoms with van der Waals surface area (Å²) in [5.74, 6) is 0.374. The Bertz CT molecular complexity index is 430. The van der Waals surface area contributed by atoms with Crippen LogP contribution in [0.15, 0.2) is 11.1 Å². The van der Waals surface area contributed by atoms with Gasteiger partial charge in [0.2, 0.25) is 0 Å². The van der Waals surface area contributed by atoms with Crippen LogP contribution in [0.5, 0.6) is 0 Å². The molecule has 1 rings (SSSR count). The number of esters is 1. The number of cyclic esters (lactones) is 1. The van der Waals surface area contributed by atoms with Crippen molar-refractivity contribution in [3.63, 3.8) is 0 Å². The van der Waals surface area contributed by atoms with Crippen LogP contribution in [0.1, 0.15) is 60.8 Å². The highest BCUT2D eigenvalue weighted by Crippen LogP contribution is 2.38. The topological polar surface area (TPSA) is 35.5 Å². The van der Waals surface area contributed by atoms with Crippen molar-refractivity contribution in [2.45, 2.75) is 85.0 Å². The van der Waals surface area contributed by atoms with E-state index >= 15 is 0 Å². The highest BCUT2D eigenvalue weighted by Gasteiger charge is 2.39. The van der Waals surface area contributed by atoms with Gasteiger partial charge in [-0.15, -0.1) is 0 Å². The van der Waals surface area contributed by atoms with Crippen LogP contribution < -0.4 is 0 Å². The molecule has 0 fully saturated rings. The van der Waals surface area contributed by atoms with Crippen LogP contribution in [-0.2, 0) is 14.0 Å². The zero-order chi connectivity index (χ0) is 17.1. The largest absolute Gasteiger partial charge is 0.458 e. The maximum Gasteiger partial charge on any atom is 0.334 e. The number of hydrogen-bond acceptors (Lipinski definition) is 3. The predicted molar refractivity (Wildman–Crippen MR) is 94.4 cm³/mol. The molecule has 0 radical (unpaired) electrons. The van der Waals surface area contributed by atoms with E-state index in [-0.39, 0.29) is 11.0 Å². The van der Waals surface area contributed by atoms with Gasteiger partial charge in [0.15, 0.2) is 8.32 Å². The van der Waals surface area contributed by atoms with Crippen LogP contribution in [0.3, 0.4) is 0 Å². The predicted octanol–water partition coefficient (Wildman–Crippen LogP) is 5.08. The van der Waals surface area contributed by atoms with Crippen molar-refractivity contribution >= 4 is 14.3 Å². The SMILES string of the molecule is CC1=C(CCCC(O[Si](C)(C)C(C)(C)C)C(C)C)COC1=O. The number of ether oxygens (including phenoxy) is 1. The molecule has 0 saturated carbocycles. The Kier molecular flexibility index (Phi) is 6.45. The summed E-state index contributed by atoms with van der Waals surface area (Å²) in [5.41, 5.74) is 1.98. The van der Waals surface area contributed by atoms with Crippen molar-refractivity contribution < 1.29 is 14.0 Å². The Morgan fingerprint density at radius 1 is 1.27 bits per heavy atom. The van der Waals surface area contributed by atoms with Crippen LogP contribution in [0.2, 0.25) is 18.1 Å². The molecule has 1 heterocycles. The van der Waals surface area contributed by atoms with Gasteiger partial charge in [-0.25, -0.2) is 4.79 Å². The van der Waals surface area contributed by atoms with Crippen molar-refractivity contribution in [2.75, 3.05) is 6.61 Å². The Balaban J connectivity index is 2.58. The molecule has 0 aromatic rings. The molecule has 0 bridgehead atoms. The number of carbonyl (C=O) groups excluding carboxylic acids is 1. The summed E-state index contributed by atoms with van der Waals surface area (Å²) in [6.07, 6.45) is 3.36. The van der Waals surface area contributed by atoms with Gasteiger partial charge in [-0.1, -0.05) is 34.6 Å². The van der Waals surface area contributed by atoms with Crippen LogP contribution >= 0.6 is 0 Å². The molecular formula is C18H34O3Si. The summed E-state index contributed by atoms with van der Waals surface area (Å²) in [7, 11) is -1.73. The molecule has 4 heteroatoms. The van der Waals surface area contributed by atoms with E-state index in [0.717, 1.165) is 24.8 Å². The van der Waals surface area contributed by atoms with E-state index in [1.807, 2.05) is 6.92 Å². The zero-order valence-electron chi connectivity index (χ0n) is 15.7. The third-order valence-electron chi connectivity index (χ3n) is 5.18. The molecule has 0 aromatic carbocycles. The third-order valence-corrected chi connectivity index (χ3v) is 9.68. The van der Waals surface area contributed by atoms with Crippen molar-refractivity contribution in [1.29, 1.82) is 0 Å². The number of hydrogen-bond donors (Lipinski definition) is 0. The molecule has 1 unspecified atom stereocenters. The smallest absolute Gasteiger partial charge is 0.334 e. The second-order valence-corrected chi connectivity index (χ2v) is 13.1. The first-order chi connectivity index (χ1) is 9.95. The number of rotatable bonds is 7. The molecule has 22 heavy (non-hydrogen) atoms. The van der Waals surface area contributed by atoms with E-state index < -0.39 is 8.32 Å². The fourth-order valence-corrected chi connectivity index (χ4v) is 3.87. The quantitative estimate of drug-likeness (QED) is 0.483. The second-order valence-electron chi connectivity index (χ2n) is 8.36. The first-order valence-corrected chi connectivity index (χ1v) is 11.4. The molecule has 0 saturated heterocycles. The van der Waals surface area contributed by atoms with Crippen molar-refractivity contribution in [1.82, 2.24) is 0 Å². The lowest BCUT2D eigenvalue weighted by Crippen LogP contribution is -2.45. The Morgan fingerprint density at radius 2 is 1.86 bits per heavy atom.